The van der Waals surface area contributed by atoms with Gasteiger partial charge in [-0.1, -0.05) is 6.92 Å². The molecule has 2 heterocycles. The predicted octanol–water partition coefficient (Wildman–Crippen LogP) is 4.24. The fourth-order valence-electron chi connectivity index (χ4n) is 3.99. The average molecular weight is 434 g/mol. The number of hydrogen-bond acceptors (Lipinski definition) is 4. The number of rotatable bonds is 6. The zero-order valence-corrected chi connectivity index (χ0v) is 17.7. The fourth-order valence-corrected chi connectivity index (χ4v) is 4.60. The molecule has 4 nitrogen and oxygen atoms in total. The Bertz CT molecular complexity index is 565. The number of nitrogens with one attached hydrogen (secondary N) is 1. The zero-order chi connectivity index (χ0) is 17.0. The summed E-state index contributed by atoms with van der Waals surface area (Å²) in [6.07, 6.45) is 4.97. The van der Waals surface area contributed by atoms with Crippen molar-refractivity contribution in [2.24, 2.45) is 5.41 Å². The van der Waals surface area contributed by atoms with Crippen LogP contribution in [0.3, 0.4) is 0 Å². The van der Waals surface area contributed by atoms with Crippen molar-refractivity contribution in [3.05, 3.63) is 22.2 Å². The molecule has 2 aliphatic heterocycles. The molecule has 0 unspecified atom stereocenters. The third-order valence-electron chi connectivity index (χ3n) is 5.33. The molecule has 0 amide bonds. The van der Waals surface area contributed by atoms with Gasteiger partial charge in [0.1, 0.15) is 0 Å². The van der Waals surface area contributed by atoms with Gasteiger partial charge in [-0.2, -0.15) is 0 Å². The van der Waals surface area contributed by atoms with E-state index in [9.17, 15) is 0 Å². The molecule has 0 saturated carbocycles. The summed E-state index contributed by atoms with van der Waals surface area (Å²) in [4.78, 5) is 2.60. The van der Waals surface area contributed by atoms with Crippen LogP contribution in [-0.4, -0.2) is 44.8 Å². The Hall–Kier alpha value is -0.490. The largest absolute Gasteiger partial charge is 0.493 e. The summed E-state index contributed by atoms with van der Waals surface area (Å²) in [7, 11) is 1.71. The number of nitrogens with zero attached hydrogens (tertiary/aromatic N) is 1. The Labute approximate surface area is 166 Å². The number of halogens is 2. The topological polar surface area (TPSA) is 33.7 Å². The van der Waals surface area contributed by atoms with Crippen LogP contribution in [0.4, 0.5) is 0 Å². The van der Waals surface area contributed by atoms with Gasteiger partial charge in [0.25, 0.3) is 0 Å². The molecule has 0 bridgehead atoms. The first-order valence-electron chi connectivity index (χ1n) is 9.08. The molecule has 6 heteroatoms. The van der Waals surface area contributed by atoms with Gasteiger partial charge < -0.3 is 14.8 Å². The molecule has 1 spiro atoms. The van der Waals surface area contributed by atoms with Gasteiger partial charge in [-0.15, -0.1) is 12.4 Å². The lowest BCUT2D eigenvalue weighted by molar-refractivity contribution is 0.194. The first-order chi connectivity index (χ1) is 11.7. The van der Waals surface area contributed by atoms with E-state index in [1.54, 1.807) is 7.11 Å². The molecule has 1 aromatic rings. The monoisotopic (exact) mass is 432 g/mol. The van der Waals surface area contributed by atoms with Crippen molar-refractivity contribution in [3.63, 3.8) is 0 Å². The Morgan fingerprint density at radius 2 is 2.00 bits per heavy atom. The first kappa shape index (κ1) is 20.8. The second-order valence-electron chi connectivity index (χ2n) is 7.17. The Balaban J connectivity index is 0.00000225. The number of piperidine rings is 1. The minimum absolute atomic E-state index is 0. The molecule has 3 rings (SSSR count). The molecule has 1 N–H and O–H groups in total. The minimum Gasteiger partial charge on any atom is -0.493 e. The number of benzene rings is 1. The molecule has 1 aromatic carbocycles. The Kier molecular flexibility index (Phi) is 7.87. The van der Waals surface area contributed by atoms with E-state index in [2.05, 4.69) is 45.2 Å². The average Bonchev–Trinajstić information content (AvgIpc) is 2.96. The Morgan fingerprint density at radius 3 is 2.68 bits per heavy atom. The van der Waals surface area contributed by atoms with Crippen molar-refractivity contribution in [1.29, 1.82) is 0 Å². The lowest BCUT2D eigenvalue weighted by Gasteiger charge is -2.34. The van der Waals surface area contributed by atoms with Crippen molar-refractivity contribution < 1.29 is 9.47 Å². The van der Waals surface area contributed by atoms with E-state index < -0.39 is 0 Å². The Morgan fingerprint density at radius 1 is 1.24 bits per heavy atom. The quantitative estimate of drug-likeness (QED) is 0.727. The van der Waals surface area contributed by atoms with Crippen molar-refractivity contribution >= 4 is 28.3 Å². The third kappa shape index (κ3) is 5.03. The van der Waals surface area contributed by atoms with Gasteiger partial charge in [0.15, 0.2) is 11.5 Å². The second-order valence-corrected chi connectivity index (χ2v) is 8.02. The maximum Gasteiger partial charge on any atom is 0.175 e. The van der Waals surface area contributed by atoms with Crippen molar-refractivity contribution in [2.45, 2.75) is 39.2 Å². The highest BCUT2D eigenvalue weighted by molar-refractivity contribution is 9.10. The molecule has 142 valence electrons. The number of hydrogen-bond donors (Lipinski definition) is 1. The van der Waals surface area contributed by atoms with Gasteiger partial charge >= 0.3 is 0 Å². The number of methoxy groups -OCH3 is 1. The van der Waals surface area contributed by atoms with Gasteiger partial charge in [0.05, 0.1) is 18.2 Å². The maximum absolute atomic E-state index is 5.83. The third-order valence-corrected chi connectivity index (χ3v) is 5.92. The highest BCUT2D eigenvalue weighted by Crippen LogP contribution is 2.41. The van der Waals surface area contributed by atoms with Crippen molar-refractivity contribution in [1.82, 2.24) is 10.2 Å². The zero-order valence-electron chi connectivity index (χ0n) is 15.3. The highest BCUT2D eigenvalue weighted by Gasteiger charge is 2.38. The molecular formula is C19H30BrClN2O2. The SMILES string of the molecule is CCCOc1c(Br)cc(CN2CCC3(CCNCC3)C2)cc1OC.Cl. The maximum atomic E-state index is 5.83. The van der Waals surface area contributed by atoms with E-state index in [1.165, 1.54) is 51.0 Å². The first-order valence-corrected chi connectivity index (χ1v) is 9.87. The lowest BCUT2D eigenvalue weighted by atomic mass is 9.78. The van der Waals surface area contributed by atoms with Crippen LogP contribution in [0.2, 0.25) is 0 Å². The highest BCUT2D eigenvalue weighted by atomic mass is 79.9. The summed E-state index contributed by atoms with van der Waals surface area (Å²) >= 11 is 3.66. The molecule has 2 aliphatic rings. The van der Waals surface area contributed by atoms with Gasteiger partial charge in [-0.3, -0.25) is 4.90 Å². The van der Waals surface area contributed by atoms with Gasteiger partial charge in [0.2, 0.25) is 0 Å². The van der Waals surface area contributed by atoms with Crippen molar-refractivity contribution in [2.75, 3.05) is 39.9 Å². The molecule has 0 aliphatic carbocycles. The summed E-state index contributed by atoms with van der Waals surface area (Å²) in [5, 5.41) is 3.49. The predicted molar refractivity (Wildman–Crippen MR) is 108 cm³/mol. The van der Waals surface area contributed by atoms with E-state index in [0.29, 0.717) is 12.0 Å². The summed E-state index contributed by atoms with van der Waals surface area (Å²) < 4.78 is 12.4. The summed E-state index contributed by atoms with van der Waals surface area (Å²) in [5.74, 6) is 1.64. The minimum atomic E-state index is 0. The van der Waals surface area contributed by atoms with E-state index in [1.807, 2.05) is 0 Å². The van der Waals surface area contributed by atoms with Crippen LogP contribution < -0.4 is 14.8 Å². The molecule has 25 heavy (non-hydrogen) atoms. The van der Waals surface area contributed by atoms with E-state index in [4.69, 9.17) is 9.47 Å². The van der Waals surface area contributed by atoms with E-state index in [-0.39, 0.29) is 12.4 Å². The van der Waals surface area contributed by atoms with Crippen LogP contribution in [0.5, 0.6) is 11.5 Å². The summed E-state index contributed by atoms with van der Waals surface area (Å²) in [5.41, 5.74) is 1.84. The van der Waals surface area contributed by atoms with Crippen LogP contribution in [0, 0.1) is 5.41 Å². The molecule has 2 fully saturated rings. The summed E-state index contributed by atoms with van der Waals surface area (Å²) in [6, 6.07) is 4.31. The number of ether oxygens (including phenoxy) is 2. The fraction of sp³-hybridized carbons (Fsp3) is 0.684. The van der Waals surface area contributed by atoms with Crippen LogP contribution in [-0.2, 0) is 6.54 Å². The molecule has 0 aromatic heterocycles. The van der Waals surface area contributed by atoms with Crippen LogP contribution >= 0.6 is 28.3 Å². The molecule has 2 saturated heterocycles. The number of likely N-dealkylation sites (tertiary alicyclic amines) is 1. The standard InChI is InChI=1S/C19H29BrN2O2.ClH/c1-3-10-24-18-16(20)11-15(12-17(18)23-2)13-22-9-6-19(14-22)4-7-21-8-5-19;/h11-12,21H,3-10,13-14H2,1-2H3;1H. The van der Waals surface area contributed by atoms with Crippen molar-refractivity contribution in [3.8, 4) is 11.5 Å². The van der Waals surface area contributed by atoms with E-state index >= 15 is 0 Å². The van der Waals surface area contributed by atoms with Gasteiger partial charge in [-0.25, -0.2) is 0 Å². The second kappa shape index (κ2) is 9.45. The van der Waals surface area contributed by atoms with E-state index in [0.717, 1.165) is 28.9 Å². The van der Waals surface area contributed by atoms with Gasteiger partial charge in [0, 0.05) is 13.1 Å². The summed E-state index contributed by atoms with van der Waals surface area (Å²) in [6.45, 7) is 8.58. The van der Waals surface area contributed by atoms with Crippen LogP contribution in [0.15, 0.2) is 16.6 Å². The van der Waals surface area contributed by atoms with Crippen LogP contribution in [0.25, 0.3) is 0 Å². The molecular weight excluding hydrogens is 404 g/mol. The normalized spacial score (nSPS) is 19.6. The lowest BCUT2D eigenvalue weighted by Crippen LogP contribution is -2.38. The smallest absolute Gasteiger partial charge is 0.175 e. The molecule has 0 radical (unpaired) electrons. The van der Waals surface area contributed by atoms with Gasteiger partial charge in [-0.05, 0) is 84.4 Å². The van der Waals surface area contributed by atoms with Crippen LogP contribution in [0.1, 0.15) is 38.2 Å². The molecule has 0 atom stereocenters.